The molecule has 7 heteroatoms. The van der Waals surface area contributed by atoms with Gasteiger partial charge in [-0.05, 0) is 80.6 Å². The fourth-order valence-electron chi connectivity index (χ4n) is 5.93. The van der Waals surface area contributed by atoms with Crippen molar-refractivity contribution in [3.05, 3.63) is 101 Å². The molecule has 0 radical (unpaired) electrons. The lowest BCUT2D eigenvalue weighted by molar-refractivity contribution is -0.0360. The minimum Gasteiger partial charge on any atom is -0.494 e. The highest BCUT2D eigenvalue weighted by Crippen LogP contribution is 2.33. The van der Waals surface area contributed by atoms with Gasteiger partial charge in [0.25, 0.3) is 0 Å². The van der Waals surface area contributed by atoms with Gasteiger partial charge in [0.2, 0.25) is 0 Å². The first-order valence-corrected chi connectivity index (χ1v) is 16.0. The topological polar surface area (TPSA) is 60.5 Å². The van der Waals surface area contributed by atoms with Crippen LogP contribution in [0.3, 0.4) is 0 Å². The highest BCUT2D eigenvalue weighted by atomic mass is 16.6. The van der Waals surface area contributed by atoms with Crippen LogP contribution in [0.1, 0.15) is 67.3 Å². The van der Waals surface area contributed by atoms with Crippen molar-refractivity contribution >= 4 is 6.09 Å². The zero-order chi connectivity index (χ0) is 30.9. The number of hydrogen-bond donors (Lipinski definition) is 0. The van der Waals surface area contributed by atoms with Crippen molar-refractivity contribution in [1.29, 1.82) is 0 Å². The van der Waals surface area contributed by atoms with Crippen LogP contribution in [0.15, 0.2) is 72.8 Å². The minimum atomic E-state index is -0.536. The summed E-state index contributed by atoms with van der Waals surface area (Å²) in [6.45, 7) is 11.3. The van der Waals surface area contributed by atoms with Gasteiger partial charge >= 0.3 is 6.09 Å². The van der Waals surface area contributed by atoms with E-state index in [1.165, 1.54) is 27.8 Å². The quantitative estimate of drug-likeness (QED) is 0.222. The summed E-state index contributed by atoms with van der Waals surface area (Å²) < 4.78 is 24.1. The van der Waals surface area contributed by atoms with Crippen LogP contribution in [0.4, 0.5) is 4.79 Å². The first-order valence-electron chi connectivity index (χ1n) is 16.0. The van der Waals surface area contributed by atoms with Gasteiger partial charge in [0.05, 0.1) is 39.1 Å². The van der Waals surface area contributed by atoms with Crippen LogP contribution >= 0.6 is 0 Å². The van der Waals surface area contributed by atoms with Gasteiger partial charge in [0.15, 0.2) is 0 Å². The van der Waals surface area contributed by atoms with Gasteiger partial charge < -0.3 is 28.7 Å². The number of rotatable bonds is 11. The van der Waals surface area contributed by atoms with E-state index in [-0.39, 0.29) is 18.1 Å². The zero-order valence-corrected chi connectivity index (χ0v) is 26.8. The lowest BCUT2D eigenvalue weighted by Crippen LogP contribution is -2.48. The van der Waals surface area contributed by atoms with Crippen molar-refractivity contribution in [3.8, 4) is 5.75 Å². The van der Waals surface area contributed by atoms with Gasteiger partial charge in [-0.2, -0.15) is 0 Å². The SMILES string of the molecule is CN1CCc2cc(COC3CN(C(=O)OC(C)(C)C)CCC3c3ccc(OCCCOCc4ccccc4)cc3)ccc2C1. The predicted molar refractivity (Wildman–Crippen MR) is 173 cm³/mol. The number of benzene rings is 3. The molecule has 1 amide bonds. The first kappa shape index (κ1) is 32.0. The Balaban J connectivity index is 1.17. The molecule has 2 aliphatic heterocycles. The van der Waals surface area contributed by atoms with Crippen LogP contribution in [-0.4, -0.2) is 67.5 Å². The molecule has 3 aromatic rings. The van der Waals surface area contributed by atoms with Crippen molar-refractivity contribution < 1.29 is 23.7 Å². The Hall–Kier alpha value is -3.39. The summed E-state index contributed by atoms with van der Waals surface area (Å²) >= 11 is 0. The van der Waals surface area contributed by atoms with E-state index in [1.54, 1.807) is 4.90 Å². The summed E-state index contributed by atoms with van der Waals surface area (Å²) in [5.74, 6) is 1.01. The molecular weight excluding hydrogens is 552 g/mol. The van der Waals surface area contributed by atoms with E-state index in [2.05, 4.69) is 54.4 Å². The fraction of sp³-hybridized carbons (Fsp3) is 0.486. The molecule has 5 rings (SSSR count). The maximum atomic E-state index is 13.0. The average Bonchev–Trinajstić information content (AvgIpc) is 3.01. The van der Waals surface area contributed by atoms with Gasteiger partial charge in [0.1, 0.15) is 11.4 Å². The fourth-order valence-corrected chi connectivity index (χ4v) is 5.93. The number of likely N-dealkylation sites (tertiary alicyclic amines) is 1. The second kappa shape index (κ2) is 15.1. The lowest BCUT2D eigenvalue weighted by Gasteiger charge is -2.39. The summed E-state index contributed by atoms with van der Waals surface area (Å²) in [6, 6.07) is 25.3. The maximum absolute atomic E-state index is 13.0. The van der Waals surface area contributed by atoms with E-state index < -0.39 is 5.60 Å². The standard InChI is InChI=1S/C37H48N2O5/c1-37(2,3)44-36(40)39-20-18-34(35(25-39)43-27-29-11-12-32-24-38(4)19-17-31(32)23-29)30-13-15-33(16-14-30)42-22-8-21-41-26-28-9-6-5-7-10-28/h5-7,9-16,23,34-35H,8,17-22,24-27H2,1-4H3. The van der Waals surface area contributed by atoms with Crippen LogP contribution in [0, 0.1) is 0 Å². The molecular formula is C37H48N2O5. The van der Waals surface area contributed by atoms with Crippen molar-refractivity contribution in [2.75, 3.05) is 39.9 Å². The monoisotopic (exact) mass is 600 g/mol. The molecule has 0 spiro atoms. The van der Waals surface area contributed by atoms with E-state index in [1.807, 2.05) is 51.1 Å². The third kappa shape index (κ3) is 9.31. The molecule has 2 heterocycles. The van der Waals surface area contributed by atoms with Crippen molar-refractivity contribution in [2.24, 2.45) is 0 Å². The number of carbonyl (C=O) groups is 1. The summed E-state index contributed by atoms with van der Waals surface area (Å²) in [5, 5.41) is 0. The van der Waals surface area contributed by atoms with Gasteiger partial charge in [-0.1, -0.05) is 60.7 Å². The Kier molecular flexibility index (Phi) is 11.0. The minimum absolute atomic E-state index is 0.146. The molecule has 2 aliphatic rings. The molecule has 0 N–H and O–H groups in total. The van der Waals surface area contributed by atoms with Crippen LogP contribution in [0.2, 0.25) is 0 Å². The normalized spacial score (nSPS) is 19.0. The first-order chi connectivity index (χ1) is 21.2. The number of ether oxygens (including phenoxy) is 4. The Labute approximate surface area is 263 Å². The molecule has 1 fully saturated rings. The Morgan fingerprint density at radius 3 is 2.45 bits per heavy atom. The Morgan fingerprint density at radius 2 is 1.68 bits per heavy atom. The largest absolute Gasteiger partial charge is 0.494 e. The van der Waals surface area contributed by atoms with Gasteiger partial charge in [-0.25, -0.2) is 4.79 Å². The molecule has 0 aromatic heterocycles. The molecule has 0 aliphatic carbocycles. The van der Waals surface area contributed by atoms with E-state index >= 15 is 0 Å². The van der Waals surface area contributed by atoms with E-state index in [4.69, 9.17) is 18.9 Å². The lowest BCUT2D eigenvalue weighted by atomic mass is 9.87. The molecule has 2 atom stereocenters. The summed E-state index contributed by atoms with van der Waals surface area (Å²) in [5.41, 5.74) is 5.84. The van der Waals surface area contributed by atoms with Gasteiger partial charge in [-0.3, -0.25) is 0 Å². The summed E-state index contributed by atoms with van der Waals surface area (Å²) in [6.07, 6.45) is 2.27. The molecule has 2 unspecified atom stereocenters. The van der Waals surface area contributed by atoms with Crippen LogP contribution in [0.25, 0.3) is 0 Å². The molecule has 236 valence electrons. The van der Waals surface area contributed by atoms with Crippen molar-refractivity contribution in [2.45, 2.75) is 77.4 Å². The van der Waals surface area contributed by atoms with E-state index in [9.17, 15) is 4.79 Å². The Morgan fingerprint density at radius 1 is 0.886 bits per heavy atom. The number of likely N-dealkylation sites (N-methyl/N-ethyl adjacent to an activating group) is 1. The van der Waals surface area contributed by atoms with Crippen LogP contribution < -0.4 is 4.74 Å². The molecule has 44 heavy (non-hydrogen) atoms. The van der Waals surface area contributed by atoms with Gasteiger partial charge in [0, 0.05) is 32.0 Å². The predicted octanol–water partition coefficient (Wildman–Crippen LogP) is 6.97. The molecule has 0 bridgehead atoms. The van der Waals surface area contributed by atoms with Gasteiger partial charge in [-0.15, -0.1) is 0 Å². The number of nitrogens with zero attached hydrogens (tertiary/aromatic N) is 2. The summed E-state index contributed by atoms with van der Waals surface area (Å²) in [7, 11) is 2.17. The highest BCUT2D eigenvalue weighted by Gasteiger charge is 2.35. The number of amides is 1. The third-order valence-corrected chi connectivity index (χ3v) is 8.27. The average molecular weight is 601 g/mol. The Bertz CT molecular complexity index is 1340. The maximum Gasteiger partial charge on any atom is 0.410 e. The number of fused-ring (bicyclic) bond motifs is 1. The second-order valence-corrected chi connectivity index (χ2v) is 13.1. The highest BCUT2D eigenvalue weighted by molar-refractivity contribution is 5.68. The van der Waals surface area contributed by atoms with Crippen molar-refractivity contribution in [1.82, 2.24) is 9.80 Å². The molecule has 0 saturated carbocycles. The molecule has 1 saturated heterocycles. The summed E-state index contributed by atoms with van der Waals surface area (Å²) in [4.78, 5) is 17.1. The molecule has 3 aromatic carbocycles. The van der Waals surface area contributed by atoms with E-state index in [0.717, 1.165) is 38.1 Å². The van der Waals surface area contributed by atoms with Crippen LogP contribution in [-0.2, 0) is 40.4 Å². The van der Waals surface area contributed by atoms with Crippen LogP contribution in [0.5, 0.6) is 5.75 Å². The number of hydrogen-bond acceptors (Lipinski definition) is 6. The second-order valence-electron chi connectivity index (χ2n) is 13.1. The number of piperidine rings is 1. The third-order valence-electron chi connectivity index (χ3n) is 8.27. The number of carbonyl (C=O) groups excluding carboxylic acids is 1. The zero-order valence-electron chi connectivity index (χ0n) is 26.8. The van der Waals surface area contributed by atoms with Crippen molar-refractivity contribution in [3.63, 3.8) is 0 Å². The van der Waals surface area contributed by atoms with E-state index in [0.29, 0.717) is 39.5 Å². The smallest absolute Gasteiger partial charge is 0.410 e. The molecule has 7 nitrogen and oxygen atoms in total.